The molecule has 2 heterocycles. The molecule has 2 unspecified atom stereocenters. The number of hydrogen-bond acceptors (Lipinski definition) is 12. The summed E-state index contributed by atoms with van der Waals surface area (Å²) < 4.78 is 16.5. The van der Waals surface area contributed by atoms with E-state index in [2.05, 4.69) is 5.32 Å². The van der Waals surface area contributed by atoms with E-state index < -0.39 is 92.1 Å². The number of ketones is 1. The second-order valence-electron chi connectivity index (χ2n) is 8.06. The topological polar surface area (TPSA) is 221 Å². The first kappa shape index (κ1) is 27.0. The Kier molecular flexibility index (Phi) is 9.48. The molecule has 185 valence electrons. The highest BCUT2D eigenvalue weighted by Gasteiger charge is 2.52. The molecule has 9 N–H and O–H groups in total. The lowest BCUT2D eigenvalue weighted by Gasteiger charge is -2.47. The molecule has 0 spiro atoms. The summed E-state index contributed by atoms with van der Waals surface area (Å²) in [5.74, 6) is -1.19. The normalized spacial score (nSPS) is 41.3. The molecule has 13 heteroatoms. The molecule has 0 bridgehead atoms. The third-order valence-electron chi connectivity index (χ3n) is 5.73. The molecule has 0 saturated carbocycles. The van der Waals surface area contributed by atoms with E-state index in [0.29, 0.717) is 0 Å². The Hall–Kier alpha value is -1.26. The number of Topliss-reactive ketones (excluding diaryl/α,β-unsaturated/α-hetero) is 1. The molecule has 2 fully saturated rings. The van der Waals surface area contributed by atoms with Gasteiger partial charge in [0.25, 0.3) is 0 Å². The van der Waals surface area contributed by atoms with E-state index in [9.17, 15) is 40.2 Å². The van der Waals surface area contributed by atoms with Crippen LogP contribution in [0.2, 0.25) is 0 Å². The molecule has 0 aliphatic carbocycles. The fourth-order valence-corrected chi connectivity index (χ4v) is 4.08. The number of aliphatic hydroxyl groups excluding tert-OH is 6. The van der Waals surface area contributed by atoms with Gasteiger partial charge in [-0.15, -0.1) is 0 Å². The van der Waals surface area contributed by atoms with Crippen molar-refractivity contribution < 1.29 is 54.4 Å². The summed E-state index contributed by atoms with van der Waals surface area (Å²) in [5, 5.41) is 62.4. The second kappa shape index (κ2) is 11.2. The number of rotatable bonds is 8. The summed E-state index contributed by atoms with van der Waals surface area (Å²) in [4.78, 5) is 24.2. The van der Waals surface area contributed by atoms with Gasteiger partial charge in [-0.3, -0.25) is 9.59 Å². The van der Waals surface area contributed by atoms with Crippen LogP contribution in [0, 0.1) is 5.92 Å². The van der Waals surface area contributed by atoms with Gasteiger partial charge in [0.1, 0.15) is 48.3 Å². The molecule has 2 rings (SSSR count). The van der Waals surface area contributed by atoms with Gasteiger partial charge in [-0.1, -0.05) is 0 Å². The van der Waals surface area contributed by atoms with Crippen molar-refractivity contribution in [3.8, 4) is 0 Å². The van der Waals surface area contributed by atoms with Gasteiger partial charge in [-0.05, 0) is 13.8 Å². The average Bonchev–Trinajstić information content (AvgIpc) is 2.72. The number of amides is 1. The Morgan fingerprint density at radius 2 is 1.56 bits per heavy atom. The van der Waals surface area contributed by atoms with Gasteiger partial charge in [0.05, 0.1) is 37.5 Å². The van der Waals surface area contributed by atoms with Gasteiger partial charge >= 0.3 is 0 Å². The fourth-order valence-electron chi connectivity index (χ4n) is 4.08. The van der Waals surface area contributed by atoms with Gasteiger partial charge in [0.2, 0.25) is 5.91 Å². The van der Waals surface area contributed by atoms with Gasteiger partial charge in [0, 0.05) is 6.92 Å². The van der Waals surface area contributed by atoms with Crippen molar-refractivity contribution in [2.24, 2.45) is 5.73 Å². The van der Waals surface area contributed by atoms with Crippen LogP contribution in [0.3, 0.4) is 0 Å². The predicted molar refractivity (Wildman–Crippen MR) is 106 cm³/mol. The minimum absolute atomic E-state index is 0.0749. The monoisotopic (exact) mass is 465 g/mol. The molecule has 2 aliphatic heterocycles. The lowest BCUT2D eigenvalue weighted by atomic mass is 9.81. The van der Waals surface area contributed by atoms with Crippen molar-refractivity contribution in [1.82, 2.24) is 5.32 Å². The van der Waals surface area contributed by atoms with Crippen LogP contribution in [0.4, 0.5) is 0 Å². The van der Waals surface area contributed by atoms with E-state index in [0.717, 1.165) is 0 Å². The number of aliphatic hydroxyl groups is 6. The molecule has 1 amide bonds. The molecule has 13 nitrogen and oxygen atoms in total. The number of nitrogens with one attached hydrogen (secondary N) is 1. The Morgan fingerprint density at radius 3 is 2.06 bits per heavy atom. The van der Waals surface area contributed by atoms with Crippen molar-refractivity contribution in [1.29, 1.82) is 0 Å². The molecule has 32 heavy (non-hydrogen) atoms. The summed E-state index contributed by atoms with van der Waals surface area (Å²) in [6.07, 6.45) is -12.2. The summed E-state index contributed by atoms with van der Waals surface area (Å²) in [7, 11) is 0. The van der Waals surface area contributed by atoms with Crippen LogP contribution in [-0.4, -0.2) is 123 Å². The van der Waals surface area contributed by atoms with Crippen molar-refractivity contribution in [3.05, 3.63) is 5.92 Å². The number of nitrogens with two attached hydrogens (primary N) is 1. The van der Waals surface area contributed by atoms with Crippen LogP contribution in [0.5, 0.6) is 0 Å². The highest BCUT2D eigenvalue weighted by Crippen LogP contribution is 2.33. The van der Waals surface area contributed by atoms with Gasteiger partial charge < -0.3 is 55.9 Å². The van der Waals surface area contributed by atoms with E-state index in [-0.39, 0.29) is 5.92 Å². The molecule has 2 saturated heterocycles. The molecule has 11 atom stereocenters. The summed E-state index contributed by atoms with van der Waals surface area (Å²) >= 11 is 0. The summed E-state index contributed by atoms with van der Waals surface area (Å²) in [6, 6.07) is -2.47. The molecule has 0 aromatic heterocycles. The Morgan fingerprint density at radius 1 is 1.00 bits per heavy atom. The predicted octanol–water partition coefficient (Wildman–Crippen LogP) is -4.69. The number of ether oxygens (including phenoxy) is 3. The first-order chi connectivity index (χ1) is 14.9. The summed E-state index contributed by atoms with van der Waals surface area (Å²) in [6.45, 7) is 2.51. The highest BCUT2D eigenvalue weighted by atomic mass is 16.6. The summed E-state index contributed by atoms with van der Waals surface area (Å²) in [5.41, 5.74) is 5.88. The van der Waals surface area contributed by atoms with Crippen molar-refractivity contribution in [2.75, 3.05) is 13.2 Å². The molecule has 2 aliphatic rings. The van der Waals surface area contributed by atoms with Gasteiger partial charge in [-0.2, -0.15) is 0 Å². The maximum atomic E-state index is 12.6. The zero-order valence-electron chi connectivity index (χ0n) is 18.1. The van der Waals surface area contributed by atoms with Crippen molar-refractivity contribution in [2.45, 2.75) is 88.0 Å². The minimum Gasteiger partial charge on any atom is -0.394 e. The third kappa shape index (κ3) is 5.62. The first-order valence-corrected chi connectivity index (χ1v) is 10.2. The van der Waals surface area contributed by atoms with Gasteiger partial charge in [-0.25, -0.2) is 0 Å². The minimum atomic E-state index is -1.58. The third-order valence-corrected chi connectivity index (χ3v) is 5.73. The first-order valence-electron chi connectivity index (χ1n) is 10.2. The van der Waals surface area contributed by atoms with Crippen LogP contribution in [0.15, 0.2) is 0 Å². The maximum Gasteiger partial charge on any atom is 0.217 e. The highest BCUT2D eigenvalue weighted by molar-refractivity contribution is 5.92. The van der Waals surface area contributed by atoms with Crippen LogP contribution in [-0.2, 0) is 23.8 Å². The van der Waals surface area contributed by atoms with E-state index in [4.69, 9.17) is 19.9 Å². The van der Waals surface area contributed by atoms with Crippen LogP contribution in [0.1, 0.15) is 20.8 Å². The van der Waals surface area contributed by atoms with E-state index in [1.807, 2.05) is 0 Å². The van der Waals surface area contributed by atoms with Crippen LogP contribution in [0.25, 0.3) is 0 Å². The lowest BCUT2D eigenvalue weighted by Crippen LogP contribution is -2.67. The van der Waals surface area contributed by atoms with Crippen LogP contribution < -0.4 is 11.1 Å². The average molecular weight is 465 g/mol. The van der Waals surface area contributed by atoms with Gasteiger partial charge in [0.15, 0.2) is 6.29 Å². The van der Waals surface area contributed by atoms with E-state index >= 15 is 0 Å². The largest absolute Gasteiger partial charge is 0.394 e. The Labute approximate surface area is 185 Å². The maximum absolute atomic E-state index is 12.6. The molecular weight excluding hydrogens is 432 g/mol. The number of carbonyl (C=O) groups is 2. The molecule has 0 aromatic carbocycles. The molecule has 0 aromatic rings. The van der Waals surface area contributed by atoms with Crippen LogP contribution >= 0.6 is 0 Å². The molecular formula is C19H33N2O11. The smallest absolute Gasteiger partial charge is 0.217 e. The Bertz CT molecular complexity index is 653. The fraction of sp³-hybridized carbons (Fsp3) is 0.842. The lowest BCUT2D eigenvalue weighted by molar-refractivity contribution is -0.263. The number of carbonyl (C=O) groups excluding carboxylic acids is 2. The number of hydrogen-bond donors (Lipinski definition) is 8. The quantitative estimate of drug-likeness (QED) is 0.169. The van der Waals surface area contributed by atoms with Crippen molar-refractivity contribution in [3.63, 3.8) is 0 Å². The Balaban J connectivity index is 2.33. The second-order valence-corrected chi connectivity index (χ2v) is 8.06. The van der Waals surface area contributed by atoms with Crippen molar-refractivity contribution >= 4 is 11.7 Å². The van der Waals surface area contributed by atoms with E-state index in [1.165, 1.54) is 20.8 Å². The zero-order chi connectivity index (χ0) is 24.3. The zero-order valence-corrected chi connectivity index (χ0v) is 18.1. The SMILES string of the molecule is CC(=O)N[C@H]1C([C](C(C)=O)C(C)O[C@@H]2[C@@H](N)[C@@H](O)O[C@H](CO)[C@H]2O)O[C@H](CO)[C@@H](O)[C@@H]1O. The standard InChI is InChI=1S/C19H33N2O11/c1-6(24)11(7(2)30-18-12(20)19(29)32-10(5-23)15(18)27)17-13(21-8(3)25)16(28)14(26)9(4-22)31-17/h7,9-10,12-19,22-23,26-29H,4-5,20H2,1-3H3,(H,21,25)/t7?,9-,10-,12-,13-,14-,15-,16-,17?,18-,19+/m1/s1. The van der Waals surface area contributed by atoms with E-state index in [1.54, 1.807) is 0 Å². The molecule has 1 radical (unpaired) electrons.